The van der Waals surface area contributed by atoms with Crippen molar-refractivity contribution in [1.29, 1.82) is 0 Å². The number of para-hydroxylation sites is 1. The van der Waals surface area contributed by atoms with Crippen LogP contribution in [0.2, 0.25) is 0 Å². The summed E-state index contributed by atoms with van der Waals surface area (Å²) in [5.74, 6) is -1.09. The third kappa shape index (κ3) is 3.19. The van der Waals surface area contributed by atoms with Crippen LogP contribution < -0.4 is 5.32 Å². The molecular weight excluding hydrogens is 338 g/mol. The van der Waals surface area contributed by atoms with Gasteiger partial charge in [-0.05, 0) is 29.8 Å². The molecule has 5 nitrogen and oxygen atoms in total. The first-order chi connectivity index (χ1) is 12.6. The number of amides is 1. The molecule has 1 amide bonds. The van der Waals surface area contributed by atoms with Crippen LogP contribution in [-0.2, 0) is 6.54 Å². The van der Waals surface area contributed by atoms with Crippen LogP contribution in [0.1, 0.15) is 16.1 Å². The highest BCUT2D eigenvalue weighted by Crippen LogP contribution is 2.19. The van der Waals surface area contributed by atoms with Gasteiger partial charge in [0.05, 0.1) is 23.9 Å². The Bertz CT molecular complexity index is 1080. The topological polar surface area (TPSA) is 62.7 Å². The summed E-state index contributed by atoms with van der Waals surface area (Å²) in [6.45, 7) is 0.452. The van der Waals surface area contributed by atoms with Gasteiger partial charge in [-0.3, -0.25) is 9.48 Å². The predicted molar refractivity (Wildman–Crippen MR) is 93.9 cm³/mol. The van der Waals surface area contributed by atoms with Crippen molar-refractivity contribution < 1.29 is 13.6 Å². The summed E-state index contributed by atoms with van der Waals surface area (Å²) >= 11 is 0. The van der Waals surface area contributed by atoms with Gasteiger partial charge >= 0.3 is 0 Å². The van der Waals surface area contributed by atoms with Gasteiger partial charge in [-0.1, -0.05) is 24.3 Å². The monoisotopic (exact) mass is 352 g/mol. The van der Waals surface area contributed by atoms with Crippen LogP contribution in [0.15, 0.2) is 60.9 Å². The molecule has 0 saturated carbocycles. The number of nitrogens with zero attached hydrogens (tertiary/aromatic N) is 2. The van der Waals surface area contributed by atoms with E-state index in [1.54, 1.807) is 41.2 Å². The SMILES string of the molecule is O=C(Nc1cnn(Cc2ccc(F)cc2)c1)c1cc2cccc(F)c2[nH]1. The molecule has 130 valence electrons. The molecular formula is C19H14F2N4O. The molecule has 7 heteroatoms. The number of H-pyrrole nitrogens is 1. The Kier molecular flexibility index (Phi) is 3.96. The molecule has 0 aliphatic carbocycles. The molecule has 0 saturated heterocycles. The zero-order chi connectivity index (χ0) is 18.1. The van der Waals surface area contributed by atoms with E-state index >= 15 is 0 Å². The van der Waals surface area contributed by atoms with Gasteiger partial charge in [-0.25, -0.2) is 8.78 Å². The Labute approximate surface area is 147 Å². The van der Waals surface area contributed by atoms with Crippen LogP contribution in [-0.4, -0.2) is 20.7 Å². The van der Waals surface area contributed by atoms with Crippen molar-refractivity contribution in [3.8, 4) is 0 Å². The molecule has 0 fully saturated rings. The zero-order valence-electron chi connectivity index (χ0n) is 13.5. The fourth-order valence-corrected chi connectivity index (χ4v) is 2.73. The molecule has 0 aliphatic heterocycles. The maximum atomic E-state index is 13.7. The standard InChI is InChI=1S/C19H14F2N4O/c20-14-6-4-12(5-7-14)10-25-11-15(9-22-25)23-19(26)17-8-13-2-1-3-16(21)18(13)24-17/h1-9,11,24H,10H2,(H,23,26). The summed E-state index contributed by atoms with van der Waals surface area (Å²) in [5, 5.41) is 7.52. The number of carbonyl (C=O) groups excluding carboxylic acids is 1. The first-order valence-corrected chi connectivity index (χ1v) is 7.94. The summed E-state index contributed by atoms with van der Waals surface area (Å²) in [5.41, 5.74) is 1.95. The number of halogens is 2. The van der Waals surface area contributed by atoms with Crippen molar-refractivity contribution in [3.63, 3.8) is 0 Å². The molecule has 0 unspecified atom stereocenters. The van der Waals surface area contributed by atoms with Crippen molar-refractivity contribution in [1.82, 2.24) is 14.8 Å². The Balaban J connectivity index is 1.48. The van der Waals surface area contributed by atoms with Crippen molar-refractivity contribution in [2.75, 3.05) is 5.32 Å². The second-order valence-corrected chi connectivity index (χ2v) is 5.89. The average molecular weight is 352 g/mol. The minimum absolute atomic E-state index is 0.261. The van der Waals surface area contributed by atoms with Gasteiger partial charge in [-0.2, -0.15) is 5.10 Å². The number of rotatable bonds is 4. The van der Waals surface area contributed by atoms with Gasteiger partial charge in [0.1, 0.15) is 17.3 Å². The number of fused-ring (bicyclic) bond motifs is 1. The Morgan fingerprint density at radius 1 is 1.15 bits per heavy atom. The van der Waals surface area contributed by atoms with E-state index in [0.29, 0.717) is 23.1 Å². The van der Waals surface area contributed by atoms with Crippen molar-refractivity contribution >= 4 is 22.5 Å². The van der Waals surface area contributed by atoms with Crippen LogP contribution in [0, 0.1) is 11.6 Å². The van der Waals surface area contributed by atoms with Gasteiger partial charge in [-0.15, -0.1) is 0 Å². The van der Waals surface area contributed by atoms with Crippen LogP contribution >= 0.6 is 0 Å². The van der Waals surface area contributed by atoms with Crippen LogP contribution in [0.25, 0.3) is 10.9 Å². The second-order valence-electron chi connectivity index (χ2n) is 5.89. The van der Waals surface area contributed by atoms with Crippen molar-refractivity contribution in [2.45, 2.75) is 6.54 Å². The van der Waals surface area contributed by atoms with Gasteiger partial charge in [0.2, 0.25) is 0 Å². The quantitative estimate of drug-likeness (QED) is 0.584. The van der Waals surface area contributed by atoms with E-state index in [4.69, 9.17) is 0 Å². The normalized spacial score (nSPS) is 11.0. The first-order valence-electron chi connectivity index (χ1n) is 7.94. The van der Waals surface area contributed by atoms with Gasteiger partial charge in [0, 0.05) is 11.6 Å². The summed E-state index contributed by atoms with van der Waals surface area (Å²) in [6.07, 6.45) is 3.19. The molecule has 2 aromatic heterocycles. The molecule has 0 atom stereocenters. The number of carbonyl (C=O) groups is 1. The lowest BCUT2D eigenvalue weighted by Crippen LogP contribution is -2.11. The Hall–Kier alpha value is -3.48. The molecule has 0 spiro atoms. The summed E-state index contributed by atoms with van der Waals surface area (Å²) < 4.78 is 28.3. The Morgan fingerprint density at radius 3 is 2.73 bits per heavy atom. The summed E-state index contributed by atoms with van der Waals surface area (Å²) in [7, 11) is 0. The lowest BCUT2D eigenvalue weighted by molar-refractivity contribution is 0.102. The van der Waals surface area contributed by atoms with Crippen LogP contribution in [0.4, 0.5) is 14.5 Å². The lowest BCUT2D eigenvalue weighted by Gasteiger charge is -2.02. The van der Waals surface area contributed by atoms with E-state index in [2.05, 4.69) is 15.4 Å². The van der Waals surface area contributed by atoms with Gasteiger partial charge in [0.25, 0.3) is 5.91 Å². The fourth-order valence-electron chi connectivity index (χ4n) is 2.73. The lowest BCUT2D eigenvalue weighted by atomic mass is 10.2. The third-order valence-electron chi connectivity index (χ3n) is 4.00. The van der Waals surface area contributed by atoms with E-state index in [-0.39, 0.29) is 17.4 Å². The number of aromatic nitrogens is 3. The zero-order valence-corrected chi connectivity index (χ0v) is 13.5. The predicted octanol–water partition coefficient (Wildman–Crippen LogP) is 3.94. The number of aromatic amines is 1. The summed E-state index contributed by atoms with van der Waals surface area (Å²) in [6, 6.07) is 12.4. The van der Waals surface area contributed by atoms with Crippen LogP contribution in [0.3, 0.4) is 0 Å². The van der Waals surface area contributed by atoms with E-state index < -0.39 is 5.82 Å². The largest absolute Gasteiger partial charge is 0.348 e. The number of hydrogen-bond donors (Lipinski definition) is 2. The minimum Gasteiger partial charge on any atom is -0.348 e. The maximum Gasteiger partial charge on any atom is 0.272 e. The van der Waals surface area contributed by atoms with Crippen molar-refractivity contribution in [2.24, 2.45) is 0 Å². The minimum atomic E-state index is -0.409. The highest BCUT2D eigenvalue weighted by molar-refractivity contribution is 6.05. The highest BCUT2D eigenvalue weighted by Gasteiger charge is 2.12. The molecule has 2 N–H and O–H groups in total. The van der Waals surface area contributed by atoms with Gasteiger partial charge < -0.3 is 10.3 Å². The smallest absolute Gasteiger partial charge is 0.272 e. The number of nitrogens with one attached hydrogen (secondary N) is 2. The summed E-state index contributed by atoms with van der Waals surface area (Å²) in [4.78, 5) is 15.1. The number of hydrogen-bond acceptors (Lipinski definition) is 2. The van der Waals surface area contributed by atoms with Crippen molar-refractivity contribution in [3.05, 3.63) is 83.8 Å². The van der Waals surface area contributed by atoms with E-state index in [0.717, 1.165) is 5.56 Å². The molecule has 4 rings (SSSR count). The van der Waals surface area contributed by atoms with E-state index in [9.17, 15) is 13.6 Å². The molecule has 2 aromatic carbocycles. The number of anilines is 1. The highest BCUT2D eigenvalue weighted by atomic mass is 19.1. The second kappa shape index (κ2) is 6.44. The molecule has 0 aliphatic rings. The fraction of sp³-hybridized carbons (Fsp3) is 0.0526. The molecule has 0 bridgehead atoms. The maximum absolute atomic E-state index is 13.7. The van der Waals surface area contributed by atoms with E-state index in [1.165, 1.54) is 24.4 Å². The molecule has 4 aromatic rings. The average Bonchev–Trinajstić information content (AvgIpc) is 3.25. The van der Waals surface area contributed by atoms with E-state index in [1.807, 2.05) is 0 Å². The third-order valence-corrected chi connectivity index (χ3v) is 4.00. The molecule has 2 heterocycles. The molecule has 26 heavy (non-hydrogen) atoms. The number of benzene rings is 2. The molecule has 0 radical (unpaired) electrons. The first kappa shape index (κ1) is 16.0. The Morgan fingerprint density at radius 2 is 1.96 bits per heavy atom. The van der Waals surface area contributed by atoms with Gasteiger partial charge in [0.15, 0.2) is 0 Å². The van der Waals surface area contributed by atoms with Crippen LogP contribution in [0.5, 0.6) is 0 Å².